The highest BCUT2D eigenvalue weighted by Gasteiger charge is 2.20. The highest BCUT2D eigenvalue weighted by Crippen LogP contribution is 2.28. The molecule has 0 radical (unpaired) electrons. The lowest BCUT2D eigenvalue weighted by molar-refractivity contribution is -0.119. The first-order chi connectivity index (χ1) is 10.8. The molecule has 1 aromatic carbocycles. The van der Waals surface area contributed by atoms with E-state index < -0.39 is 12.7 Å². The molecule has 23 heavy (non-hydrogen) atoms. The number of benzene rings is 1. The number of aromatic nitrogens is 2. The molecule has 124 valence electrons. The van der Waals surface area contributed by atoms with Crippen LogP contribution in [-0.4, -0.2) is 22.3 Å². The van der Waals surface area contributed by atoms with Crippen LogP contribution >= 0.6 is 15.9 Å². The molecule has 0 fully saturated rings. The predicted molar refractivity (Wildman–Crippen MR) is 85.8 cm³/mol. The van der Waals surface area contributed by atoms with Crippen molar-refractivity contribution in [1.82, 2.24) is 9.78 Å². The van der Waals surface area contributed by atoms with Crippen LogP contribution in [0.15, 0.2) is 28.9 Å². The lowest BCUT2D eigenvalue weighted by atomic mass is 10.2. The maximum Gasteiger partial charge on any atom is 0.387 e. The normalized spacial score (nSPS) is 12.3. The van der Waals surface area contributed by atoms with Gasteiger partial charge in [0.15, 0.2) is 0 Å². The SMILES string of the molecule is Cc1ccc(NC(=O)C(C)n2ncc(Br)c2C)c(OC(F)F)c1. The van der Waals surface area contributed by atoms with E-state index in [1.165, 1.54) is 12.1 Å². The van der Waals surface area contributed by atoms with Gasteiger partial charge in [-0.2, -0.15) is 13.9 Å². The number of nitrogens with zero attached hydrogens (tertiary/aromatic N) is 2. The van der Waals surface area contributed by atoms with Gasteiger partial charge in [-0.1, -0.05) is 6.07 Å². The van der Waals surface area contributed by atoms with Gasteiger partial charge in [-0.3, -0.25) is 9.48 Å². The van der Waals surface area contributed by atoms with E-state index in [-0.39, 0.29) is 17.3 Å². The number of alkyl halides is 2. The molecule has 1 unspecified atom stereocenters. The molecule has 8 heteroatoms. The van der Waals surface area contributed by atoms with Crippen molar-refractivity contribution in [2.24, 2.45) is 0 Å². The van der Waals surface area contributed by atoms with Crippen LogP contribution in [0, 0.1) is 13.8 Å². The van der Waals surface area contributed by atoms with Crippen molar-refractivity contribution >= 4 is 27.5 Å². The molecule has 1 heterocycles. The van der Waals surface area contributed by atoms with Crippen LogP contribution in [-0.2, 0) is 4.79 Å². The summed E-state index contributed by atoms with van der Waals surface area (Å²) in [5.41, 5.74) is 1.73. The number of carbonyl (C=O) groups excluding carboxylic acids is 1. The number of ether oxygens (including phenoxy) is 1. The fraction of sp³-hybridized carbons (Fsp3) is 0.333. The Bertz CT molecular complexity index is 719. The molecular weight excluding hydrogens is 372 g/mol. The molecule has 5 nitrogen and oxygen atoms in total. The van der Waals surface area contributed by atoms with Crippen LogP contribution in [0.5, 0.6) is 5.75 Å². The van der Waals surface area contributed by atoms with Gasteiger partial charge in [0.25, 0.3) is 0 Å². The van der Waals surface area contributed by atoms with Gasteiger partial charge in [0, 0.05) is 0 Å². The molecule has 0 aliphatic rings. The Labute approximate surface area is 140 Å². The largest absolute Gasteiger partial charge is 0.433 e. The maximum absolute atomic E-state index is 12.5. The van der Waals surface area contributed by atoms with Crippen LogP contribution < -0.4 is 10.1 Å². The van der Waals surface area contributed by atoms with E-state index in [0.29, 0.717) is 0 Å². The molecular formula is C15H16BrF2N3O2. The maximum atomic E-state index is 12.5. The highest BCUT2D eigenvalue weighted by atomic mass is 79.9. The second kappa shape index (κ2) is 7.08. The summed E-state index contributed by atoms with van der Waals surface area (Å²) in [6.45, 7) is 2.27. The Kier molecular flexibility index (Phi) is 5.35. The third-order valence-electron chi connectivity index (χ3n) is 3.34. The monoisotopic (exact) mass is 387 g/mol. The summed E-state index contributed by atoms with van der Waals surface area (Å²) in [5, 5.41) is 6.73. The third kappa shape index (κ3) is 4.07. The van der Waals surface area contributed by atoms with Gasteiger partial charge in [-0.05, 0) is 54.4 Å². The van der Waals surface area contributed by atoms with Gasteiger partial charge < -0.3 is 10.1 Å². The molecule has 2 rings (SSSR count). The minimum Gasteiger partial charge on any atom is -0.433 e. The minimum absolute atomic E-state index is 0.0704. The van der Waals surface area contributed by atoms with Crippen LogP contribution in [0.25, 0.3) is 0 Å². The summed E-state index contributed by atoms with van der Waals surface area (Å²) in [7, 11) is 0. The topological polar surface area (TPSA) is 56.2 Å². The van der Waals surface area contributed by atoms with Gasteiger partial charge in [0.1, 0.15) is 11.8 Å². The first-order valence-electron chi connectivity index (χ1n) is 6.85. The smallest absolute Gasteiger partial charge is 0.387 e. The first kappa shape index (κ1) is 17.4. The van der Waals surface area contributed by atoms with Crippen molar-refractivity contribution < 1.29 is 18.3 Å². The summed E-state index contributed by atoms with van der Waals surface area (Å²) in [5.74, 6) is -0.453. The van der Waals surface area contributed by atoms with Gasteiger partial charge in [-0.15, -0.1) is 0 Å². The van der Waals surface area contributed by atoms with Crippen molar-refractivity contribution in [2.45, 2.75) is 33.4 Å². The zero-order valence-electron chi connectivity index (χ0n) is 12.8. The molecule has 1 amide bonds. The molecule has 0 aliphatic carbocycles. The minimum atomic E-state index is -2.96. The van der Waals surface area contributed by atoms with Crippen molar-refractivity contribution in [3.63, 3.8) is 0 Å². The number of hydrogen-bond donors (Lipinski definition) is 1. The number of halogens is 3. The number of rotatable bonds is 5. The van der Waals surface area contributed by atoms with Gasteiger partial charge in [0.2, 0.25) is 5.91 Å². The Morgan fingerprint density at radius 1 is 1.39 bits per heavy atom. The predicted octanol–water partition coefficient (Wildman–Crippen LogP) is 4.06. The zero-order valence-corrected chi connectivity index (χ0v) is 14.4. The van der Waals surface area contributed by atoms with Crippen molar-refractivity contribution in [2.75, 3.05) is 5.32 Å². The zero-order chi connectivity index (χ0) is 17.1. The van der Waals surface area contributed by atoms with Gasteiger partial charge >= 0.3 is 6.61 Å². The molecule has 1 aromatic heterocycles. The lowest BCUT2D eigenvalue weighted by Crippen LogP contribution is -2.25. The number of carbonyl (C=O) groups is 1. The molecule has 0 saturated carbocycles. The fourth-order valence-electron chi connectivity index (χ4n) is 2.07. The molecule has 0 spiro atoms. The van der Waals surface area contributed by atoms with Crippen LogP contribution in [0.4, 0.5) is 14.5 Å². The van der Waals surface area contributed by atoms with Gasteiger partial charge in [-0.25, -0.2) is 0 Å². The average molecular weight is 388 g/mol. The Balaban J connectivity index is 2.21. The van der Waals surface area contributed by atoms with Crippen molar-refractivity contribution in [3.8, 4) is 5.75 Å². The van der Waals surface area contributed by atoms with Crippen LogP contribution in [0.1, 0.15) is 24.2 Å². The first-order valence-corrected chi connectivity index (χ1v) is 7.65. The molecule has 1 atom stereocenters. The molecule has 2 aromatic rings. The van der Waals surface area contributed by atoms with Crippen LogP contribution in [0.3, 0.4) is 0 Å². The van der Waals surface area contributed by atoms with E-state index in [1.807, 2.05) is 6.92 Å². The third-order valence-corrected chi connectivity index (χ3v) is 4.12. The number of anilines is 1. The Hall–Kier alpha value is -1.96. The van der Waals surface area contributed by atoms with E-state index in [1.54, 1.807) is 30.8 Å². The number of hydrogen-bond acceptors (Lipinski definition) is 3. The number of aryl methyl sites for hydroxylation is 1. The molecule has 0 saturated heterocycles. The summed E-state index contributed by atoms with van der Waals surface area (Å²) < 4.78 is 31.8. The number of nitrogens with one attached hydrogen (secondary N) is 1. The van der Waals surface area contributed by atoms with E-state index >= 15 is 0 Å². The van der Waals surface area contributed by atoms with Gasteiger partial charge in [0.05, 0.1) is 22.1 Å². The van der Waals surface area contributed by atoms with E-state index in [0.717, 1.165) is 15.7 Å². The summed E-state index contributed by atoms with van der Waals surface area (Å²) in [6, 6.07) is 4.07. The fourth-order valence-corrected chi connectivity index (χ4v) is 2.34. The lowest BCUT2D eigenvalue weighted by Gasteiger charge is -2.17. The molecule has 0 aliphatic heterocycles. The van der Waals surface area contributed by atoms with Crippen LogP contribution in [0.2, 0.25) is 0 Å². The summed E-state index contributed by atoms with van der Waals surface area (Å²) in [6.07, 6.45) is 1.59. The standard InChI is InChI=1S/C15H16BrF2N3O2/c1-8-4-5-12(13(6-8)23-15(17)18)20-14(22)10(3)21-9(2)11(16)7-19-21/h4-7,10,15H,1-3H3,(H,20,22). The summed E-state index contributed by atoms with van der Waals surface area (Å²) in [4.78, 5) is 12.4. The highest BCUT2D eigenvalue weighted by molar-refractivity contribution is 9.10. The van der Waals surface area contributed by atoms with E-state index in [4.69, 9.17) is 0 Å². The van der Waals surface area contributed by atoms with E-state index in [2.05, 4.69) is 31.1 Å². The number of amides is 1. The molecule has 1 N–H and O–H groups in total. The molecule has 0 bridgehead atoms. The quantitative estimate of drug-likeness (QED) is 0.841. The Morgan fingerprint density at radius 3 is 2.65 bits per heavy atom. The second-order valence-corrected chi connectivity index (χ2v) is 5.92. The second-order valence-electron chi connectivity index (χ2n) is 5.07. The van der Waals surface area contributed by atoms with Crippen molar-refractivity contribution in [1.29, 1.82) is 0 Å². The van der Waals surface area contributed by atoms with Crippen molar-refractivity contribution in [3.05, 3.63) is 40.1 Å². The summed E-state index contributed by atoms with van der Waals surface area (Å²) >= 11 is 3.33. The average Bonchev–Trinajstić information content (AvgIpc) is 2.80. The van der Waals surface area contributed by atoms with E-state index in [9.17, 15) is 13.6 Å². The Morgan fingerprint density at radius 2 is 2.09 bits per heavy atom.